The monoisotopic (exact) mass is 331 g/mol. The highest BCUT2D eigenvalue weighted by atomic mass is 16.5. The summed E-state index contributed by atoms with van der Waals surface area (Å²) in [6, 6.07) is 1.42. The van der Waals surface area contributed by atoms with Crippen LogP contribution in [-0.2, 0) is 19.1 Å². The van der Waals surface area contributed by atoms with Crippen molar-refractivity contribution in [1.82, 2.24) is 4.57 Å². The maximum Gasteiger partial charge on any atom is 0.335 e. The van der Waals surface area contributed by atoms with E-state index in [1.54, 1.807) is 18.4 Å². The SMILES string of the molecule is CCOC(=O)C1=CNc2c(C#N)c(C)c(C)n2C(C(=O)OCC)C1. The number of hydrogen-bond acceptors (Lipinski definition) is 6. The first kappa shape index (κ1) is 17.6. The molecule has 0 aromatic carbocycles. The molecule has 1 aliphatic heterocycles. The second kappa shape index (κ2) is 7.21. The average Bonchev–Trinajstić information content (AvgIpc) is 2.70. The molecule has 7 heteroatoms. The Kier molecular flexibility index (Phi) is 5.29. The molecule has 2 heterocycles. The lowest BCUT2D eigenvalue weighted by atomic mass is 10.1. The van der Waals surface area contributed by atoms with Crippen LogP contribution < -0.4 is 5.32 Å². The number of carbonyl (C=O) groups is 2. The fourth-order valence-electron chi connectivity index (χ4n) is 2.80. The van der Waals surface area contributed by atoms with E-state index in [0.717, 1.165) is 11.3 Å². The molecule has 7 nitrogen and oxygen atoms in total. The quantitative estimate of drug-likeness (QED) is 0.851. The molecular formula is C17H21N3O4. The van der Waals surface area contributed by atoms with Crippen molar-refractivity contribution in [2.75, 3.05) is 18.5 Å². The van der Waals surface area contributed by atoms with Gasteiger partial charge in [-0.2, -0.15) is 5.26 Å². The van der Waals surface area contributed by atoms with Crippen molar-refractivity contribution < 1.29 is 19.1 Å². The predicted molar refractivity (Wildman–Crippen MR) is 87.2 cm³/mol. The number of ether oxygens (including phenoxy) is 2. The second-order valence-electron chi connectivity index (χ2n) is 5.42. The van der Waals surface area contributed by atoms with E-state index in [4.69, 9.17) is 9.47 Å². The number of rotatable bonds is 4. The zero-order valence-electron chi connectivity index (χ0n) is 14.3. The fourth-order valence-corrected chi connectivity index (χ4v) is 2.80. The molecule has 0 amide bonds. The molecular weight excluding hydrogens is 310 g/mol. The van der Waals surface area contributed by atoms with E-state index in [2.05, 4.69) is 11.4 Å². The average molecular weight is 331 g/mol. The lowest BCUT2D eigenvalue weighted by Crippen LogP contribution is -2.24. The Morgan fingerprint density at radius 3 is 2.58 bits per heavy atom. The van der Waals surface area contributed by atoms with E-state index in [0.29, 0.717) is 17.0 Å². The third-order valence-corrected chi connectivity index (χ3v) is 4.07. The van der Waals surface area contributed by atoms with Crippen LogP contribution in [0.1, 0.15) is 43.1 Å². The van der Waals surface area contributed by atoms with E-state index in [-0.39, 0.29) is 19.6 Å². The summed E-state index contributed by atoms with van der Waals surface area (Å²) in [6.45, 7) is 7.59. The van der Waals surface area contributed by atoms with Gasteiger partial charge in [0.15, 0.2) is 0 Å². The number of hydrogen-bond donors (Lipinski definition) is 1. The minimum absolute atomic E-state index is 0.136. The smallest absolute Gasteiger partial charge is 0.335 e. The molecule has 0 bridgehead atoms. The van der Waals surface area contributed by atoms with Gasteiger partial charge in [0.05, 0.1) is 24.4 Å². The first-order valence-corrected chi connectivity index (χ1v) is 7.86. The third-order valence-electron chi connectivity index (χ3n) is 4.07. The predicted octanol–water partition coefficient (Wildman–Crippen LogP) is 2.34. The number of aromatic nitrogens is 1. The molecule has 0 fully saturated rings. The normalized spacial score (nSPS) is 16.1. The molecule has 1 aromatic heterocycles. The zero-order chi connectivity index (χ0) is 17.9. The van der Waals surface area contributed by atoms with Crippen LogP contribution >= 0.6 is 0 Å². The minimum atomic E-state index is -0.730. The number of esters is 2. The van der Waals surface area contributed by atoms with Crippen LogP contribution in [0.15, 0.2) is 11.8 Å². The standard InChI is InChI=1S/C17H21N3O4/c1-5-23-16(21)12-7-14(17(22)24-6-2)20-11(4)10(3)13(8-18)15(20)19-9-12/h9,14,19H,5-7H2,1-4H3. The van der Waals surface area contributed by atoms with Crippen molar-refractivity contribution >= 4 is 17.8 Å². The van der Waals surface area contributed by atoms with Gasteiger partial charge in [-0.3, -0.25) is 0 Å². The van der Waals surface area contributed by atoms with Gasteiger partial charge in [0.2, 0.25) is 0 Å². The van der Waals surface area contributed by atoms with Crippen LogP contribution in [0.3, 0.4) is 0 Å². The van der Waals surface area contributed by atoms with E-state index in [1.807, 2.05) is 13.8 Å². The highest BCUT2D eigenvalue weighted by molar-refractivity contribution is 5.91. The first-order chi connectivity index (χ1) is 11.5. The summed E-state index contributed by atoms with van der Waals surface area (Å²) in [5, 5.41) is 12.4. The molecule has 0 saturated carbocycles. The van der Waals surface area contributed by atoms with Gasteiger partial charge in [-0.15, -0.1) is 0 Å². The number of nitrogens with zero attached hydrogens (tertiary/aromatic N) is 2. The second-order valence-corrected chi connectivity index (χ2v) is 5.42. The van der Waals surface area contributed by atoms with Gasteiger partial charge in [0.25, 0.3) is 0 Å². The van der Waals surface area contributed by atoms with Gasteiger partial charge in [-0.1, -0.05) is 0 Å². The number of carbonyl (C=O) groups excluding carboxylic acids is 2. The number of nitriles is 1. The highest BCUT2D eigenvalue weighted by Gasteiger charge is 2.33. The van der Waals surface area contributed by atoms with Gasteiger partial charge in [0.1, 0.15) is 17.9 Å². The van der Waals surface area contributed by atoms with Crippen molar-refractivity contribution in [3.8, 4) is 6.07 Å². The molecule has 0 spiro atoms. The lowest BCUT2D eigenvalue weighted by Gasteiger charge is -2.20. The summed E-state index contributed by atoms with van der Waals surface area (Å²) in [7, 11) is 0. The number of anilines is 1. The summed E-state index contributed by atoms with van der Waals surface area (Å²) in [5.74, 6) is -0.442. The Balaban J connectivity index is 2.56. The first-order valence-electron chi connectivity index (χ1n) is 7.86. The summed E-state index contributed by atoms with van der Waals surface area (Å²) < 4.78 is 11.9. The molecule has 2 rings (SSSR count). The Labute approximate surface area is 140 Å². The summed E-state index contributed by atoms with van der Waals surface area (Å²) in [5.41, 5.74) is 2.36. The molecule has 1 aromatic rings. The minimum Gasteiger partial charge on any atom is -0.464 e. The van der Waals surface area contributed by atoms with Crippen LogP contribution in [0.2, 0.25) is 0 Å². The largest absolute Gasteiger partial charge is 0.464 e. The molecule has 1 atom stereocenters. The van der Waals surface area contributed by atoms with Gasteiger partial charge in [-0.25, -0.2) is 9.59 Å². The molecule has 0 saturated heterocycles. The van der Waals surface area contributed by atoms with Crippen LogP contribution in [-0.4, -0.2) is 29.7 Å². The third kappa shape index (κ3) is 3.00. The summed E-state index contributed by atoms with van der Waals surface area (Å²) in [6.07, 6.45) is 1.64. The van der Waals surface area contributed by atoms with Crippen LogP contribution in [0, 0.1) is 25.2 Å². The van der Waals surface area contributed by atoms with Crippen molar-refractivity contribution in [2.24, 2.45) is 0 Å². The Morgan fingerprint density at radius 2 is 2.00 bits per heavy atom. The van der Waals surface area contributed by atoms with Crippen LogP contribution in [0.4, 0.5) is 5.82 Å². The molecule has 1 N–H and O–H groups in total. The molecule has 24 heavy (non-hydrogen) atoms. The Hall–Kier alpha value is -2.75. The van der Waals surface area contributed by atoms with Crippen molar-refractivity contribution in [3.05, 3.63) is 28.6 Å². The van der Waals surface area contributed by atoms with Crippen LogP contribution in [0.25, 0.3) is 0 Å². The van der Waals surface area contributed by atoms with Gasteiger partial charge in [-0.05, 0) is 33.3 Å². The fraction of sp³-hybridized carbons (Fsp3) is 0.471. The zero-order valence-corrected chi connectivity index (χ0v) is 14.3. The summed E-state index contributed by atoms with van der Waals surface area (Å²) >= 11 is 0. The molecule has 0 aliphatic carbocycles. The molecule has 1 aliphatic rings. The Morgan fingerprint density at radius 1 is 1.33 bits per heavy atom. The molecule has 1 unspecified atom stereocenters. The lowest BCUT2D eigenvalue weighted by molar-refractivity contribution is -0.147. The number of fused-ring (bicyclic) bond motifs is 1. The van der Waals surface area contributed by atoms with E-state index >= 15 is 0 Å². The van der Waals surface area contributed by atoms with Gasteiger partial charge >= 0.3 is 11.9 Å². The topological polar surface area (TPSA) is 93.4 Å². The van der Waals surface area contributed by atoms with E-state index in [1.165, 1.54) is 6.20 Å². The Bertz CT molecular complexity index is 740. The van der Waals surface area contributed by atoms with Gasteiger partial charge < -0.3 is 19.4 Å². The van der Waals surface area contributed by atoms with Crippen molar-refractivity contribution in [2.45, 2.75) is 40.2 Å². The highest BCUT2D eigenvalue weighted by Crippen LogP contribution is 2.35. The van der Waals surface area contributed by atoms with Crippen molar-refractivity contribution in [1.29, 1.82) is 5.26 Å². The van der Waals surface area contributed by atoms with E-state index in [9.17, 15) is 14.9 Å². The summed E-state index contributed by atoms with van der Waals surface area (Å²) in [4.78, 5) is 24.6. The maximum atomic E-state index is 12.5. The van der Waals surface area contributed by atoms with E-state index < -0.39 is 18.0 Å². The molecule has 128 valence electrons. The van der Waals surface area contributed by atoms with Crippen molar-refractivity contribution in [3.63, 3.8) is 0 Å². The molecule has 0 radical (unpaired) electrons. The van der Waals surface area contributed by atoms with Crippen LogP contribution in [0.5, 0.6) is 0 Å². The van der Waals surface area contributed by atoms with Gasteiger partial charge in [0, 0.05) is 18.3 Å². The number of nitrogens with one attached hydrogen (secondary N) is 1. The maximum absolute atomic E-state index is 12.5.